The number of benzene rings is 1. The van der Waals surface area contributed by atoms with Gasteiger partial charge in [0.25, 0.3) is 5.91 Å². The molecule has 0 saturated carbocycles. The second kappa shape index (κ2) is 7.32. The maximum absolute atomic E-state index is 12.1. The number of carbonyl (C=O) groups is 1. The molecular formula is C16H22N4O3. The molecule has 1 aromatic carbocycles. The smallest absolute Gasteiger partial charge is 0.265 e. The monoisotopic (exact) mass is 318 g/mol. The van der Waals surface area contributed by atoms with E-state index in [4.69, 9.17) is 15.2 Å². The van der Waals surface area contributed by atoms with Crippen molar-refractivity contribution in [3.8, 4) is 5.75 Å². The molecule has 1 amide bonds. The molecule has 7 heteroatoms. The average Bonchev–Trinajstić information content (AvgIpc) is 2.60. The molecule has 0 spiro atoms. The number of hydrogen-bond donors (Lipinski definition) is 1. The van der Waals surface area contributed by atoms with Crippen LogP contribution in [0.3, 0.4) is 0 Å². The number of fused-ring (bicyclic) bond motifs is 1. The lowest BCUT2D eigenvalue weighted by atomic mass is 10.2. The number of nitrogens with zero attached hydrogens (tertiary/aromatic N) is 3. The number of carbonyl (C=O) groups excluding carboxylic acids is 1. The number of ether oxygens (including phenoxy) is 2. The van der Waals surface area contributed by atoms with Gasteiger partial charge in [-0.3, -0.25) is 9.79 Å². The average molecular weight is 318 g/mol. The van der Waals surface area contributed by atoms with Crippen LogP contribution in [0.4, 0.5) is 5.69 Å². The van der Waals surface area contributed by atoms with Crippen LogP contribution in [0.1, 0.15) is 6.42 Å². The van der Waals surface area contributed by atoms with E-state index >= 15 is 0 Å². The van der Waals surface area contributed by atoms with Crippen molar-refractivity contribution in [3.63, 3.8) is 0 Å². The van der Waals surface area contributed by atoms with Gasteiger partial charge in [0.05, 0.1) is 18.9 Å². The topological polar surface area (TPSA) is 80.4 Å². The fourth-order valence-electron chi connectivity index (χ4n) is 2.71. The van der Waals surface area contributed by atoms with Gasteiger partial charge in [-0.1, -0.05) is 12.1 Å². The molecule has 23 heavy (non-hydrogen) atoms. The number of anilines is 1. The molecular weight excluding hydrogens is 296 g/mol. The van der Waals surface area contributed by atoms with E-state index in [0.29, 0.717) is 32.3 Å². The second-order valence-corrected chi connectivity index (χ2v) is 5.49. The van der Waals surface area contributed by atoms with E-state index < -0.39 is 0 Å². The molecule has 0 aromatic heterocycles. The Bertz CT molecular complexity index is 584. The molecule has 7 nitrogen and oxygen atoms in total. The summed E-state index contributed by atoms with van der Waals surface area (Å²) in [6.45, 7) is 4.24. The molecule has 3 rings (SSSR count). The first-order valence-electron chi connectivity index (χ1n) is 7.90. The summed E-state index contributed by atoms with van der Waals surface area (Å²) in [7, 11) is 0. The van der Waals surface area contributed by atoms with Gasteiger partial charge >= 0.3 is 0 Å². The van der Waals surface area contributed by atoms with Crippen LogP contribution < -0.4 is 15.4 Å². The Morgan fingerprint density at radius 3 is 2.87 bits per heavy atom. The SMILES string of the molecule is NC(=NCCCN1C(=O)COc2ccccc21)N1CCOCC1. The Kier molecular flexibility index (Phi) is 4.97. The molecule has 0 aliphatic carbocycles. The minimum atomic E-state index is -0.0196. The first-order chi connectivity index (χ1) is 11.3. The highest BCUT2D eigenvalue weighted by Crippen LogP contribution is 2.31. The van der Waals surface area contributed by atoms with Crippen molar-refractivity contribution >= 4 is 17.6 Å². The first kappa shape index (κ1) is 15.6. The Morgan fingerprint density at radius 1 is 1.26 bits per heavy atom. The van der Waals surface area contributed by atoms with Crippen molar-refractivity contribution in [2.75, 3.05) is 50.9 Å². The van der Waals surface area contributed by atoms with E-state index in [1.807, 2.05) is 29.2 Å². The normalized spacial score (nSPS) is 18.6. The van der Waals surface area contributed by atoms with Crippen LogP contribution in [0.25, 0.3) is 0 Å². The van der Waals surface area contributed by atoms with Crippen LogP contribution >= 0.6 is 0 Å². The Balaban J connectivity index is 1.53. The summed E-state index contributed by atoms with van der Waals surface area (Å²) in [4.78, 5) is 20.2. The zero-order valence-corrected chi connectivity index (χ0v) is 13.1. The fourth-order valence-corrected chi connectivity index (χ4v) is 2.71. The highest BCUT2D eigenvalue weighted by molar-refractivity contribution is 5.97. The molecule has 0 atom stereocenters. The van der Waals surface area contributed by atoms with Crippen molar-refractivity contribution < 1.29 is 14.3 Å². The van der Waals surface area contributed by atoms with E-state index in [1.54, 1.807) is 4.90 Å². The van der Waals surface area contributed by atoms with Gasteiger partial charge in [-0.2, -0.15) is 0 Å². The lowest BCUT2D eigenvalue weighted by molar-refractivity contribution is -0.121. The van der Waals surface area contributed by atoms with E-state index in [2.05, 4.69) is 4.99 Å². The highest BCUT2D eigenvalue weighted by atomic mass is 16.5. The molecule has 2 N–H and O–H groups in total. The van der Waals surface area contributed by atoms with Crippen LogP contribution in [-0.4, -0.2) is 62.8 Å². The molecule has 0 radical (unpaired) electrons. The van der Waals surface area contributed by atoms with Gasteiger partial charge in [0.15, 0.2) is 12.6 Å². The van der Waals surface area contributed by atoms with Crippen LogP contribution in [0.15, 0.2) is 29.3 Å². The van der Waals surface area contributed by atoms with Crippen molar-refractivity contribution in [3.05, 3.63) is 24.3 Å². The number of amides is 1. The van der Waals surface area contributed by atoms with E-state index in [1.165, 1.54) is 0 Å². The van der Waals surface area contributed by atoms with Crippen molar-refractivity contribution in [1.29, 1.82) is 0 Å². The number of nitrogens with two attached hydrogens (primary N) is 1. The lowest BCUT2D eigenvalue weighted by Gasteiger charge is -2.29. The first-order valence-corrected chi connectivity index (χ1v) is 7.90. The molecule has 1 saturated heterocycles. The number of aliphatic imine (C=N–C) groups is 1. The molecule has 2 heterocycles. The minimum absolute atomic E-state index is 0.0196. The van der Waals surface area contributed by atoms with E-state index in [-0.39, 0.29) is 12.5 Å². The summed E-state index contributed by atoms with van der Waals surface area (Å²) in [5.41, 5.74) is 6.82. The van der Waals surface area contributed by atoms with Crippen molar-refractivity contribution in [1.82, 2.24) is 4.90 Å². The molecule has 0 bridgehead atoms. The van der Waals surface area contributed by atoms with Gasteiger partial charge in [0, 0.05) is 26.2 Å². The van der Waals surface area contributed by atoms with Gasteiger partial charge in [0.1, 0.15) is 5.75 Å². The van der Waals surface area contributed by atoms with Gasteiger partial charge in [-0.25, -0.2) is 0 Å². The van der Waals surface area contributed by atoms with Crippen LogP contribution in [0.5, 0.6) is 5.75 Å². The van der Waals surface area contributed by atoms with Crippen molar-refractivity contribution in [2.45, 2.75) is 6.42 Å². The Morgan fingerprint density at radius 2 is 2.04 bits per heavy atom. The molecule has 2 aliphatic rings. The Labute approximate surface area is 135 Å². The second-order valence-electron chi connectivity index (χ2n) is 5.49. The number of guanidine groups is 1. The van der Waals surface area contributed by atoms with Crippen LogP contribution in [0.2, 0.25) is 0 Å². The van der Waals surface area contributed by atoms with Gasteiger partial charge in [0.2, 0.25) is 0 Å². The summed E-state index contributed by atoms with van der Waals surface area (Å²) in [6.07, 6.45) is 0.755. The third kappa shape index (κ3) is 3.73. The van der Waals surface area contributed by atoms with Gasteiger partial charge < -0.3 is 25.0 Å². The predicted molar refractivity (Wildman–Crippen MR) is 87.8 cm³/mol. The highest BCUT2D eigenvalue weighted by Gasteiger charge is 2.24. The third-order valence-corrected chi connectivity index (χ3v) is 3.96. The summed E-state index contributed by atoms with van der Waals surface area (Å²) < 4.78 is 10.7. The van der Waals surface area contributed by atoms with Crippen molar-refractivity contribution in [2.24, 2.45) is 10.7 Å². The maximum Gasteiger partial charge on any atom is 0.265 e. The van der Waals surface area contributed by atoms with Crippen LogP contribution in [-0.2, 0) is 9.53 Å². The largest absolute Gasteiger partial charge is 0.482 e. The van der Waals surface area contributed by atoms with Gasteiger partial charge in [-0.15, -0.1) is 0 Å². The van der Waals surface area contributed by atoms with E-state index in [0.717, 1.165) is 30.9 Å². The minimum Gasteiger partial charge on any atom is -0.482 e. The molecule has 2 aliphatic heterocycles. The third-order valence-electron chi connectivity index (χ3n) is 3.96. The zero-order valence-electron chi connectivity index (χ0n) is 13.1. The standard InChI is InChI=1S/C16H22N4O3/c17-16(19-8-10-22-11-9-19)18-6-3-7-20-13-4-1-2-5-14(13)23-12-15(20)21/h1-2,4-5H,3,6-12H2,(H2,17,18). The van der Waals surface area contributed by atoms with E-state index in [9.17, 15) is 4.79 Å². The Hall–Kier alpha value is -2.28. The molecule has 124 valence electrons. The maximum atomic E-state index is 12.1. The molecule has 0 unspecified atom stereocenters. The summed E-state index contributed by atoms with van der Waals surface area (Å²) >= 11 is 0. The summed E-state index contributed by atoms with van der Waals surface area (Å²) in [6, 6.07) is 7.59. The summed E-state index contributed by atoms with van der Waals surface area (Å²) in [5, 5.41) is 0. The zero-order chi connectivity index (χ0) is 16.1. The number of morpholine rings is 1. The number of hydrogen-bond acceptors (Lipinski definition) is 4. The summed E-state index contributed by atoms with van der Waals surface area (Å²) in [5.74, 6) is 1.29. The molecule has 1 fully saturated rings. The van der Waals surface area contributed by atoms with Crippen LogP contribution in [0, 0.1) is 0 Å². The fraction of sp³-hybridized carbons (Fsp3) is 0.500. The van der Waals surface area contributed by atoms with Gasteiger partial charge in [-0.05, 0) is 18.6 Å². The lowest BCUT2D eigenvalue weighted by Crippen LogP contribution is -2.45. The quantitative estimate of drug-likeness (QED) is 0.495. The predicted octanol–water partition coefficient (Wildman–Crippen LogP) is 0.449. The number of rotatable bonds is 4. The number of para-hydroxylation sites is 2. The molecule has 1 aromatic rings.